The number of benzene rings is 2. The van der Waals surface area contributed by atoms with E-state index in [9.17, 15) is 4.79 Å². The van der Waals surface area contributed by atoms with Crippen LogP contribution < -0.4 is 14.9 Å². The Kier molecular flexibility index (Phi) is 7.24. The van der Waals surface area contributed by atoms with Crippen molar-refractivity contribution in [2.75, 3.05) is 13.2 Å². The van der Waals surface area contributed by atoms with Crippen LogP contribution in [-0.2, 0) is 4.79 Å². The van der Waals surface area contributed by atoms with Crippen LogP contribution in [0.3, 0.4) is 0 Å². The van der Waals surface area contributed by atoms with Crippen molar-refractivity contribution in [3.05, 3.63) is 56.7 Å². The summed E-state index contributed by atoms with van der Waals surface area (Å²) in [4.78, 5) is 11.9. The molecule has 2 aromatic carbocycles. The monoisotopic (exact) mass is 452 g/mol. The predicted molar refractivity (Wildman–Crippen MR) is 107 cm³/mol. The molecule has 0 spiro atoms. The van der Waals surface area contributed by atoms with E-state index in [0.29, 0.717) is 6.61 Å². The molecule has 0 atom stereocenters. The number of carbonyl (C=O) groups excluding carboxylic acids is 1. The lowest BCUT2D eigenvalue weighted by atomic mass is 10.1. The molecule has 0 aliphatic carbocycles. The van der Waals surface area contributed by atoms with Gasteiger partial charge in [0.05, 0.1) is 12.8 Å². The van der Waals surface area contributed by atoms with Gasteiger partial charge in [0, 0.05) is 3.57 Å². The Hall–Kier alpha value is -2.09. The molecule has 0 saturated carbocycles. The van der Waals surface area contributed by atoms with Crippen molar-refractivity contribution in [1.29, 1.82) is 0 Å². The van der Waals surface area contributed by atoms with Crippen molar-refractivity contribution in [2.45, 2.75) is 20.8 Å². The molecule has 25 heavy (non-hydrogen) atoms. The summed E-state index contributed by atoms with van der Waals surface area (Å²) in [5.41, 5.74) is 5.35. The minimum atomic E-state index is -0.306. The van der Waals surface area contributed by atoms with E-state index in [0.717, 1.165) is 31.8 Å². The molecule has 0 heterocycles. The molecule has 5 nitrogen and oxygen atoms in total. The Morgan fingerprint density at radius 3 is 2.40 bits per heavy atom. The van der Waals surface area contributed by atoms with Crippen LogP contribution in [-0.4, -0.2) is 25.3 Å². The first kappa shape index (κ1) is 19.2. The molecule has 2 aromatic rings. The zero-order chi connectivity index (χ0) is 18.2. The van der Waals surface area contributed by atoms with Gasteiger partial charge >= 0.3 is 0 Å². The quantitative estimate of drug-likeness (QED) is 0.395. The predicted octanol–water partition coefficient (Wildman–Crippen LogP) is 3.84. The number of hydrogen-bond acceptors (Lipinski definition) is 4. The summed E-state index contributed by atoms with van der Waals surface area (Å²) < 4.78 is 12.1. The molecule has 0 unspecified atom stereocenters. The maximum atomic E-state index is 11.9. The third-order valence-corrected chi connectivity index (χ3v) is 3.99. The fraction of sp³-hybridized carbons (Fsp3) is 0.263. The molecule has 2 rings (SSSR count). The van der Waals surface area contributed by atoms with E-state index < -0.39 is 0 Å². The first-order valence-corrected chi connectivity index (χ1v) is 9.01. The number of halogens is 1. The summed E-state index contributed by atoms with van der Waals surface area (Å²) in [7, 11) is 0. The number of hydrazone groups is 1. The Morgan fingerprint density at radius 2 is 1.80 bits per heavy atom. The number of hydrogen-bond donors (Lipinski definition) is 1. The van der Waals surface area contributed by atoms with Gasteiger partial charge in [-0.05, 0) is 96.5 Å². The second kappa shape index (κ2) is 9.41. The molecule has 0 radical (unpaired) electrons. The fourth-order valence-electron chi connectivity index (χ4n) is 2.29. The van der Waals surface area contributed by atoms with Crippen LogP contribution in [0.1, 0.15) is 23.6 Å². The van der Waals surface area contributed by atoms with Gasteiger partial charge in [0.25, 0.3) is 5.91 Å². The molecule has 1 amide bonds. The van der Waals surface area contributed by atoms with Gasteiger partial charge in [-0.3, -0.25) is 4.79 Å². The van der Waals surface area contributed by atoms with Crippen LogP contribution in [0.2, 0.25) is 0 Å². The topological polar surface area (TPSA) is 59.9 Å². The number of ether oxygens (including phenoxy) is 2. The SMILES string of the molecule is CCOc1ccc(C=NNC(=O)COc2c(C)cc(I)cc2C)cc1. The van der Waals surface area contributed by atoms with Crippen LogP contribution in [0.4, 0.5) is 0 Å². The van der Waals surface area contributed by atoms with Crippen molar-refractivity contribution in [3.63, 3.8) is 0 Å². The second-order valence-corrected chi connectivity index (χ2v) is 6.70. The van der Waals surface area contributed by atoms with Crippen LogP contribution in [0.15, 0.2) is 41.5 Å². The largest absolute Gasteiger partial charge is 0.494 e. The average Bonchev–Trinajstić information content (AvgIpc) is 2.56. The molecule has 6 heteroatoms. The molecular formula is C19H21IN2O3. The number of amides is 1. The lowest BCUT2D eigenvalue weighted by Gasteiger charge is -2.11. The highest BCUT2D eigenvalue weighted by molar-refractivity contribution is 14.1. The van der Waals surface area contributed by atoms with Gasteiger partial charge in [-0.15, -0.1) is 0 Å². The van der Waals surface area contributed by atoms with Gasteiger partial charge in [-0.25, -0.2) is 5.43 Å². The van der Waals surface area contributed by atoms with Crippen molar-refractivity contribution < 1.29 is 14.3 Å². The molecule has 0 saturated heterocycles. The molecule has 0 aliphatic rings. The van der Waals surface area contributed by atoms with E-state index in [1.807, 2.05) is 57.2 Å². The van der Waals surface area contributed by atoms with Crippen LogP contribution in [0.5, 0.6) is 11.5 Å². The number of nitrogens with one attached hydrogen (secondary N) is 1. The number of nitrogens with zero attached hydrogens (tertiary/aromatic N) is 1. The zero-order valence-electron chi connectivity index (χ0n) is 14.5. The van der Waals surface area contributed by atoms with Crippen molar-refractivity contribution in [1.82, 2.24) is 5.43 Å². The highest BCUT2D eigenvalue weighted by Gasteiger charge is 2.08. The lowest BCUT2D eigenvalue weighted by molar-refractivity contribution is -0.123. The van der Waals surface area contributed by atoms with E-state index >= 15 is 0 Å². The van der Waals surface area contributed by atoms with Crippen LogP contribution in [0, 0.1) is 17.4 Å². The van der Waals surface area contributed by atoms with E-state index in [2.05, 4.69) is 33.1 Å². The maximum absolute atomic E-state index is 11.9. The lowest BCUT2D eigenvalue weighted by Crippen LogP contribution is -2.25. The van der Waals surface area contributed by atoms with Gasteiger partial charge in [0.1, 0.15) is 11.5 Å². The first-order chi connectivity index (χ1) is 12.0. The molecule has 0 fully saturated rings. The normalized spacial score (nSPS) is 10.7. The molecular weight excluding hydrogens is 431 g/mol. The van der Waals surface area contributed by atoms with Gasteiger partial charge in [-0.2, -0.15) is 5.10 Å². The van der Waals surface area contributed by atoms with Crippen molar-refractivity contribution >= 4 is 34.7 Å². The third-order valence-electron chi connectivity index (χ3n) is 3.37. The molecule has 0 aliphatic heterocycles. The fourth-order valence-corrected chi connectivity index (χ4v) is 3.22. The van der Waals surface area contributed by atoms with E-state index in [1.165, 1.54) is 0 Å². The molecule has 0 aromatic heterocycles. The highest BCUT2D eigenvalue weighted by atomic mass is 127. The summed E-state index contributed by atoms with van der Waals surface area (Å²) in [6.07, 6.45) is 1.58. The Bertz CT molecular complexity index is 735. The summed E-state index contributed by atoms with van der Waals surface area (Å²) >= 11 is 2.26. The van der Waals surface area contributed by atoms with Gasteiger partial charge in [0.15, 0.2) is 6.61 Å². The zero-order valence-corrected chi connectivity index (χ0v) is 16.7. The smallest absolute Gasteiger partial charge is 0.277 e. The van der Waals surface area contributed by atoms with Gasteiger partial charge in [-0.1, -0.05) is 0 Å². The van der Waals surface area contributed by atoms with Crippen molar-refractivity contribution in [2.24, 2.45) is 5.10 Å². The Balaban J connectivity index is 1.84. The number of aryl methyl sites for hydroxylation is 2. The standard InChI is InChI=1S/C19H21IN2O3/c1-4-24-17-7-5-15(6-8-17)11-21-22-18(23)12-25-19-13(2)9-16(20)10-14(19)3/h5-11H,4,12H2,1-3H3,(H,22,23). The summed E-state index contributed by atoms with van der Waals surface area (Å²) in [6.45, 7) is 6.41. The minimum absolute atomic E-state index is 0.0805. The maximum Gasteiger partial charge on any atom is 0.277 e. The number of rotatable bonds is 7. The second-order valence-electron chi connectivity index (χ2n) is 5.45. The summed E-state index contributed by atoms with van der Waals surface area (Å²) in [5.74, 6) is 1.24. The average molecular weight is 452 g/mol. The van der Waals surface area contributed by atoms with Crippen molar-refractivity contribution in [3.8, 4) is 11.5 Å². The van der Waals surface area contributed by atoms with Crippen LogP contribution in [0.25, 0.3) is 0 Å². The van der Waals surface area contributed by atoms with E-state index in [-0.39, 0.29) is 12.5 Å². The molecule has 1 N–H and O–H groups in total. The summed E-state index contributed by atoms with van der Waals surface area (Å²) in [5, 5.41) is 3.94. The Labute approximate surface area is 161 Å². The third kappa shape index (κ3) is 6.04. The van der Waals surface area contributed by atoms with E-state index in [4.69, 9.17) is 9.47 Å². The minimum Gasteiger partial charge on any atom is -0.494 e. The van der Waals surface area contributed by atoms with Gasteiger partial charge in [0.2, 0.25) is 0 Å². The number of carbonyl (C=O) groups is 1. The van der Waals surface area contributed by atoms with E-state index in [1.54, 1.807) is 6.21 Å². The molecule has 132 valence electrons. The first-order valence-electron chi connectivity index (χ1n) is 7.94. The molecule has 0 bridgehead atoms. The Morgan fingerprint density at radius 1 is 1.16 bits per heavy atom. The van der Waals surface area contributed by atoms with Gasteiger partial charge < -0.3 is 9.47 Å². The highest BCUT2D eigenvalue weighted by Crippen LogP contribution is 2.25. The van der Waals surface area contributed by atoms with Crippen LogP contribution >= 0.6 is 22.6 Å². The summed E-state index contributed by atoms with van der Waals surface area (Å²) in [6, 6.07) is 11.5.